The van der Waals surface area contributed by atoms with Gasteiger partial charge >= 0.3 is 12.1 Å². The topological polar surface area (TPSA) is 89.8 Å². The Morgan fingerprint density at radius 3 is 2.35 bits per heavy atom. The van der Waals surface area contributed by atoms with Gasteiger partial charge in [-0.15, -0.1) is 0 Å². The summed E-state index contributed by atoms with van der Waals surface area (Å²) in [6, 6.07) is 9.82. The fourth-order valence-corrected chi connectivity index (χ4v) is 4.20. The summed E-state index contributed by atoms with van der Waals surface area (Å²) in [6.07, 6.45) is -0.299. The number of hydrogen-bond donors (Lipinski definition) is 0. The minimum Gasteiger partial charge on any atom is -0.464 e. The number of carbonyl (C=O) groups is 2. The van der Waals surface area contributed by atoms with E-state index in [1.165, 1.54) is 7.11 Å². The molecule has 0 bridgehead atoms. The first kappa shape index (κ1) is 23.5. The molecule has 1 amide bonds. The number of piperazine rings is 1. The summed E-state index contributed by atoms with van der Waals surface area (Å²) < 4.78 is 12.0. The lowest BCUT2D eigenvalue weighted by atomic mass is 10.0. The molecule has 180 valence electrons. The van der Waals surface area contributed by atoms with Crippen molar-refractivity contribution < 1.29 is 19.1 Å². The van der Waals surface area contributed by atoms with E-state index in [0.717, 1.165) is 28.0 Å². The minimum absolute atomic E-state index is 0.138. The molecule has 1 aliphatic heterocycles. The number of esters is 1. The highest BCUT2D eigenvalue weighted by atomic mass is 16.6. The van der Waals surface area contributed by atoms with E-state index in [1.54, 1.807) is 22.6 Å². The fraction of sp³-hybridized carbons (Fsp3) is 0.440. The number of hydrogen-bond acceptors (Lipinski definition) is 7. The highest BCUT2D eigenvalue weighted by Crippen LogP contribution is 2.35. The first-order chi connectivity index (χ1) is 16.3. The van der Waals surface area contributed by atoms with Crippen LogP contribution in [0.3, 0.4) is 0 Å². The van der Waals surface area contributed by atoms with E-state index in [1.807, 2.05) is 31.2 Å². The van der Waals surface area contributed by atoms with E-state index >= 15 is 0 Å². The normalized spacial score (nSPS) is 14.1. The molecular formula is C25H31N5O4. The monoisotopic (exact) mass is 465 g/mol. The maximum atomic E-state index is 12.5. The number of fused-ring (bicyclic) bond motifs is 1. The van der Waals surface area contributed by atoms with Gasteiger partial charge in [0.05, 0.1) is 36.2 Å². The van der Waals surface area contributed by atoms with Gasteiger partial charge in [-0.25, -0.2) is 19.3 Å². The van der Waals surface area contributed by atoms with Crippen LogP contribution < -0.4 is 4.90 Å². The van der Waals surface area contributed by atoms with Crippen molar-refractivity contribution >= 4 is 28.8 Å². The standard InChI is InChI=1S/C25H31N5O4/c1-6-34-25(32)29-13-11-28(12-14-29)20-15-19(24(31)33-5)26-23-21(20)22(16(2)3)27-30(23)18-9-7-17(4)8-10-18/h7-10,15-16H,6,11-14H2,1-5H3. The van der Waals surface area contributed by atoms with Crippen LogP contribution in [0.25, 0.3) is 16.7 Å². The van der Waals surface area contributed by atoms with Gasteiger partial charge in [-0.1, -0.05) is 31.5 Å². The van der Waals surface area contributed by atoms with Gasteiger partial charge in [-0.3, -0.25) is 0 Å². The number of pyridine rings is 1. The number of carbonyl (C=O) groups excluding carboxylic acids is 2. The zero-order chi connectivity index (χ0) is 24.4. The number of methoxy groups -OCH3 is 1. The quantitative estimate of drug-likeness (QED) is 0.528. The summed E-state index contributed by atoms with van der Waals surface area (Å²) >= 11 is 0. The SMILES string of the molecule is CCOC(=O)N1CCN(c2cc(C(=O)OC)nc3c2c(C(C)C)nn3-c2ccc(C)cc2)CC1. The van der Waals surface area contributed by atoms with Crippen LogP contribution in [0.4, 0.5) is 10.5 Å². The maximum Gasteiger partial charge on any atom is 0.409 e. The Labute approximate surface area is 199 Å². The van der Waals surface area contributed by atoms with Gasteiger partial charge in [0.15, 0.2) is 11.3 Å². The summed E-state index contributed by atoms with van der Waals surface area (Å²) in [7, 11) is 1.35. The molecule has 9 heteroatoms. The van der Waals surface area contributed by atoms with Crippen LogP contribution in [0.2, 0.25) is 0 Å². The van der Waals surface area contributed by atoms with Crippen molar-refractivity contribution in [3.63, 3.8) is 0 Å². The fourth-order valence-electron chi connectivity index (χ4n) is 4.20. The second kappa shape index (κ2) is 9.70. The molecule has 3 aromatic rings. The summed E-state index contributed by atoms with van der Waals surface area (Å²) in [5.41, 5.74) is 4.63. The lowest BCUT2D eigenvalue weighted by Gasteiger charge is -2.36. The van der Waals surface area contributed by atoms with Crippen molar-refractivity contribution in [1.29, 1.82) is 0 Å². The molecule has 34 heavy (non-hydrogen) atoms. The first-order valence-corrected chi connectivity index (χ1v) is 11.6. The van der Waals surface area contributed by atoms with Gasteiger partial charge in [0.1, 0.15) is 0 Å². The second-order valence-electron chi connectivity index (χ2n) is 8.68. The Hall–Kier alpha value is -3.62. The molecule has 0 spiro atoms. The van der Waals surface area contributed by atoms with Crippen molar-refractivity contribution in [2.24, 2.45) is 0 Å². The van der Waals surface area contributed by atoms with Crippen molar-refractivity contribution in [1.82, 2.24) is 19.7 Å². The summed E-state index contributed by atoms with van der Waals surface area (Å²) in [6.45, 7) is 10.6. The molecule has 4 rings (SSSR count). The molecule has 0 radical (unpaired) electrons. The molecule has 0 aliphatic carbocycles. The maximum absolute atomic E-state index is 12.5. The smallest absolute Gasteiger partial charge is 0.409 e. The molecular weight excluding hydrogens is 434 g/mol. The van der Waals surface area contributed by atoms with Crippen LogP contribution >= 0.6 is 0 Å². The molecule has 0 unspecified atom stereocenters. The van der Waals surface area contributed by atoms with Gasteiger partial charge in [-0.2, -0.15) is 5.10 Å². The Morgan fingerprint density at radius 1 is 1.09 bits per heavy atom. The van der Waals surface area contributed by atoms with Gasteiger partial charge in [-0.05, 0) is 38.0 Å². The Kier molecular flexibility index (Phi) is 6.72. The van der Waals surface area contributed by atoms with Gasteiger partial charge in [0.2, 0.25) is 0 Å². The van der Waals surface area contributed by atoms with E-state index in [4.69, 9.17) is 14.6 Å². The van der Waals surface area contributed by atoms with E-state index in [2.05, 4.69) is 23.7 Å². The molecule has 1 aliphatic rings. The number of aryl methyl sites for hydroxylation is 1. The molecule has 1 aromatic carbocycles. The van der Waals surface area contributed by atoms with Crippen LogP contribution in [-0.2, 0) is 9.47 Å². The average Bonchev–Trinajstić information content (AvgIpc) is 3.23. The summed E-state index contributed by atoms with van der Waals surface area (Å²) in [4.78, 5) is 33.3. The zero-order valence-electron chi connectivity index (χ0n) is 20.4. The van der Waals surface area contributed by atoms with Gasteiger partial charge in [0.25, 0.3) is 0 Å². The van der Waals surface area contributed by atoms with Crippen molar-refractivity contribution in [3.8, 4) is 5.69 Å². The van der Waals surface area contributed by atoms with Crippen molar-refractivity contribution in [2.45, 2.75) is 33.6 Å². The highest BCUT2D eigenvalue weighted by Gasteiger charge is 2.28. The first-order valence-electron chi connectivity index (χ1n) is 11.6. The number of aromatic nitrogens is 3. The van der Waals surface area contributed by atoms with Crippen LogP contribution in [0.5, 0.6) is 0 Å². The minimum atomic E-state index is -0.504. The Bertz CT molecular complexity index is 1190. The van der Waals surface area contributed by atoms with E-state index in [-0.39, 0.29) is 17.7 Å². The van der Waals surface area contributed by atoms with Gasteiger partial charge in [0, 0.05) is 26.2 Å². The number of benzene rings is 1. The number of anilines is 1. The number of ether oxygens (including phenoxy) is 2. The second-order valence-corrected chi connectivity index (χ2v) is 8.68. The molecule has 0 atom stereocenters. The van der Waals surface area contributed by atoms with Crippen LogP contribution in [-0.4, -0.2) is 71.6 Å². The Balaban J connectivity index is 1.84. The largest absolute Gasteiger partial charge is 0.464 e. The third-order valence-electron chi connectivity index (χ3n) is 6.01. The van der Waals surface area contributed by atoms with Crippen molar-refractivity contribution in [2.75, 3.05) is 44.8 Å². The van der Waals surface area contributed by atoms with Gasteiger partial charge < -0.3 is 19.3 Å². The average molecular weight is 466 g/mol. The lowest BCUT2D eigenvalue weighted by molar-refractivity contribution is 0.0594. The molecule has 0 saturated carbocycles. The summed E-state index contributed by atoms with van der Waals surface area (Å²) in [5.74, 6) is -0.365. The number of nitrogens with zero attached hydrogens (tertiary/aromatic N) is 5. The van der Waals surface area contributed by atoms with Crippen LogP contribution in [0.15, 0.2) is 30.3 Å². The zero-order valence-corrected chi connectivity index (χ0v) is 20.4. The number of rotatable bonds is 5. The predicted octanol–water partition coefficient (Wildman–Crippen LogP) is 3.92. The molecule has 2 aromatic heterocycles. The number of amides is 1. The van der Waals surface area contributed by atoms with Crippen molar-refractivity contribution in [3.05, 3.63) is 47.3 Å². The molecule has 1 saturated heterocycles. The highest BCUT2D eigenvalue weighted by molar-refractivity contribution is 5.99. The molecule has 0 N–H and O–H groups in total. The predicted molar refractivity (Wildman–Crippen MR) is 130 cm³/mol. The van der Waals surface area contributed by atoms with Crippen LogP contribution in [0, 0.1) is 6.92 Å². The molecule has 3 heterocycles. The van der Waals surface area contributed by atoms with E-state index < -0.39 is 5.97 Å². The lowest BCUT2D eigenvalue weighted by Crippen LogP contribution is -2.49. The molecule has 9 nitrogen and oxygen atoms in total. The van der Waals surface area contributed by atoms with E-state index in [9.17, 15) is 9.59 Å². The van der Waals surface area contributed by atoms with Crippen LogP contribution in [0.1, 0.15) is 48.4 Å². The Morgan fingerprint density at radius 2 is 1.76 bits per heavy atom. The van der Waals surface area contributed by atoms with E-state index in [0.29, 0.717) is 38.4 Å². The molecule has 1 fully saturated rings. The third-order valence-corrected chi connectivity index (χ3v) is 6.01. The summed E-state index contributed by atoms with van der Waals surface area (Å²) in [5, 5.41) is 5.84. The third kappa shape index (κ3) is 4.42.